The summed E-state index contributed by atoms with van der Waals surface area (Å²) in [5.74, 6) is 0.870. The monoisotopic (exact) mass is 564 g/mol. The minimum atomic E-state index is -0.798. The second kappa shape index (κ2) is 13.6. The fraction of sp³-hybridized carbons (Fsp3) is 0.576. The van der Waals surface area contributed by atoms with Crippen LogP contribution in [0.25, 0.3) is 0 Å². The number of rotatable bonds is 13. The molecule has 0 radical (unpaired) electrons. The Balaban J connectivity index is 1.41. The number of benzene rings is 1. The highest BCUT2D eigenvalue weighted by Gasteiger charge is 2.48. The van der Waals surface area contributed by atoms with Gasteiger partial charge in [0.2, 0.25) is 12.7 Å². The first-order valence-electron chi connectivity index (χ1n) is 15.3. The van der Waals surface area contributed by atoms with Crippen molar-refractivity contribution in [1.82, 2.24) is 9.80 Å². The highest BCUT2D eigenvalue weighted by molar-refractivity contribution is 5.79. The molecule has 222 valence electrons. The number of aryl methyl sites for hydroxylation is 1. The van der Waals surface area contributed by atoms with Crippen LogP contribution in [-0.2, 0) is 20.7 Å². The van der Waals surface area contributed by atoms with E-state index in [0.717, 1.165) is 73.6 Å². The van der Waals surface area contributed by atoms with Gasteiger partial charge in [-0.15, -0.1) is 0 Å². The molecule has 2 fully saturated rings. The molecule has 0 saturated carbocycles. The second-order valence-corrected chi connectivity index (χ2v) is 11.6. The zero-order valence-electron chi connectivity index (χ0n) is 24.4. The van der Waals surface area contributed by atoms with Crippen molar-refractivity contribution in [3.05, 3.63) is 59.4 Å². The van der Waals surface area contributed by atoms with Crippen molar-refractivity contribution in [1.29, 1.82) is 0 Å². The number of carbonyl (C=O) groups is 2. The molecule has 1 amide bonds. The molecule has 0 aromatic heterocycles. The Morgan fingerprint density at radius 2 is 1.90 bits per heavy atom. The number of para-hydroxylation sites is 1. The molecule has 0 bridgehead atoms. The van der Waals surface area contributed by atoms with Crippen molar-refractivity contribution >= 4 is 11.9 Å². The average molecular weight is 565 g/mol. The van der Waals surface area contributed by atoms with E-state index in [9.17, 15) is 14.7 Å². The van der Waals surface area contributed by atoms with Gasteiger partial charge in [0.1, 0.15) is 5.76 Å². The smallest absolute Gasteiger partial charge is 0.308 e. The van der Waals surface area contributed by atoms with Crippen LogP contribution >= 0.6 is 0 Å². The molecule has 1 aromatic rings. The highest BCUT2D eigenvalue weighted by Crippen LogP contribution is 2.42. The Hall–Kier alpha value is -3.26. The molecule has 1 aliphatic carbocycles. The lowest BCUT2D eigenvalue weighted by Gasteiger charge is -2.30. The predicted molar refractivity (Wildman–Crippen MR) is 157 cm³/mol. The quantitative estimate of drug-likeness (QED) is 0.353. The maximum atomic E-state index is 13.7. The van der Waals surface area contributed by atoms with Crippen LogP contribution in [0.4, 0.5) is 0 Å². The second-order valence-electron chi connectivity index (χ2n) is 11.6. The van der Waals surface area contributed by atoms with E-state index in [1.165, 1.54) is 0 Å². The van der Waals surface area contributed by atoms with E-state index in [2.05, 4.69) is 30.9 Å². The van der Waals surface area contributed by atoms with Crippen molar-refractivity contribution in [2.75, 3.05) is 39.6 Å². The molecule has 8 heteroatoms. The molecule has 3 heterocycles. The van der Waals surface area contributed by atoms with Gasteiger partial charge in [-0.25, -0.2) is 0 Å². The lowest BCUT2D eigenvalue weighted by Crippen LogP contribution is -2.44. The van der Waals surface area contributed by atoms with Crippen molar-refractivity contribution in [3.63, 3.8) is 0 Å². The number of carboxylic acid groups (broad SMARTS) is 1. The number of fused-ring (bicyclic) bond motifs is 2. The lowest BCUT2D eigenvalue weighted by molar-refractivity contribution is -0.144. The summed E-state index contributed by atoms with van der Waals surface area (Å²) in [6, 6.07) is 5.59. The van der Waals surface area contributed by atoms with Gasteiger partial charge in [-0.05, 0) is 54.9 Å². The first-order chi connectivity index (χ1) is 20.0. The zero-order chi connectivity index (χ0) is 28.8. The number of hydrogen-bond donors (Lipinski definition) is 1. The van der Waals surface area contributed by atoms with Crippen molar-refractivity contribution < 1.29 is 28.9 Å². The van der Waals surface area contributed by atoms with Crippen LogP contribution in [0.1, 0.15) is 57.9 Å². The Bertz CT molecular complexity index is 1180. The number of ether oxygens (including phenoxy) is 3. The summed E-state index contributed by atoms with van der Waals surface area (Å²) in [6.45, 7) is 7.44. The van der Waals surface area contributed by atoms with E-state index >= 15 is 0 Å². The number of hydrogen-bond acceptors (Lipinski definition) is 6. The van der Waals surface area contributed by atoms with Crippen molar-refractivity contribution in [2.45, 2.75) is 64.8 Å². The Morgan fingerprint density at radius 1 is 1.10 bits per heavy atom. The topological polar surface area (TPSA) is 88.5 Å². The van der Waals surface area contributed by atoms with Crippen molar-refractivity contribution in [3.8, 4) is 11.5 Å². The molecular formula is C33H44N2O6. The van der Waals surface area contributed by atoms with Gasteiger partial charge >= 0.3 is 5.97 Å². The Morgan fingerprint density at radius 3 is 2.66 bits per heavy atom. The third-order valence-corrected chi connectivity index (χ3v) is 8.93. The molecule has 0 spiro atoms. The van der Waals surface area contributed by atoms with Crippen molar-refractivity contribution in [2.24, 2.45) is 17.8 Å². The van der Waals surface area contributed by atoms with Gasteiger partial charge in [-0.3, -0.25) is 14.5 Å². The molecule has 1 N–H and O–H groups in total. The van der Waals surface area contributed by atoms with E-state index in [-0.39, 0.29) is 37.1 Å². The summed E-state index contributed by atoms with van der Waals surface area (Å²) >= 11 is 0. The van der Waals surface area contributed by atoms with Gasteiger partial charge in [0.05, 0.1) is 19.1 Å². The molecule has 8 nitrogen and oxygen atoms in total. The fourth-order valence-electron chi connectivity index (χ4n) is 6.74. The normalized spacial score (nSPS) is 24.8. The maximum absolute atomic E-state index is 13.7. The summed E-state index contributed by atoms with van der Waals surface area (Å²) in [6.07, 6.45) is 14.4. The average Bonchev–Trinajstić information content (AvgIpc) is 3.68. The largest absolute Gasteiger partial charge is 0.493 e. The number of likely N-dealkylation sites (tertiary alicyclic amines) is 1. The van der Waals surface area contributed by atoms with Crippen LogP contribution in [0.3, 0.4) is 0 Å². The molecule has 2 saturated heterocycles. The van der Waals surface area contributed by atoms with Gasteiger partial charge < -0.3 is 24.2 Å². The first-order valence-corrected chi connectivity index (χ1v) is 15.3. The number of carboxylic acids is 1. The molecule has 3 aliphatic heterocycles. The fourth-order valence-corrected chi connectivity index (χ4v) is 6.74. The van der Waals surface area contributed by atoms with Crippen LogP contribution < -0.4 is 9.47 Å². The summed E-state index contributed by atoms with van der Waals surface area (Å²) in [5.41, 5.74) is 2.16. The van der Waals surface area contributed by atoms with E-state index in [4.69, 9.17) is 14.2 Å². The Kier molecular flexibility index (Phi) is 9.70. The third kappa shape index (κ3) is 6.64. The van der Waals surface area contributed by atoms with E-state index < -0.39 is 11.9 Å². The number of allylic oxidation sites excluding steroid dienone is 5. The maximum Gasteiger partial charge on any atom is 0.308 e. The molecule has 4 aliphatic rings. The first kappa shape index (κ1) is 29.2. The molecule has 1 aromatic carbocycles. The number of aliphatic carboxylic acids is 1. The predicted octanol–water partition coefficient (Wildman–Crippen LogP) is 5.19. The molecule has 2 unspecified atom stereocenters. The summed E-state index contributed by atoms with van der Waals surface area (Å²) in [5, 5.41) is 10.6. The van der Waals surface area contributed by atoms with E-state index in [0.29, 0.717) is 26.0 Å². The van der Waals surface area contributed by atoms with Crippen LogP contribution in [0.15, 0.2) is 53.8 Å². The summed E-state index contributed by atoms with van der Waals surface area (Å²) in [4.78, 5) is 30.8. The molecular weight excluding hydrogens is 520 g/mol. The minimum Gasteiger partial charge on any atom is -0.493 e. The number of unbranched alkanes of at least 4 members (excludes halogenated alkanes) is 2. The van der Waals surface area contributed by atoms with Gasteiger partial charge in [-0.2, -0.15) is 0 Å². The summed E-state index contributed by atoms with van der Waals surface area (Å²) < 4.78 is 17.1. The SMILES string of the molecule is CCCCN(CCCC)C(=O)CN1C[C@H](C2C=CC=C3OCCC3=C2)C(C(=O)O)[C@@H]1CCc1cccc2c1OCO2. The van der Waals surface area contributed by atoms with Gasteiger partial charge in [0.25, 0.3) is 0 Å². The van der Waals surface area contributed by atoms with Gasteiger partial charge in [0, 0.05) is 38.0 Å². The van der Waals surface area contributed by atoms with Crippen LogP contribution in [0.2, 0.25) is 0 Å². The zero-order valence-corrected chi connectivity index (χ0v) is 24.4. The minimum absolute atomic E-state index is 0.0434. The highest BCUT2D eigenvalue weighted by atomic mass is 16.7. The number of amides is 1. The number of nitrogens with zero attached hydrogens (tertiary/aromatic N) is 2. The molecule has 4 atom stereocenters. The van der Waals surface area contributed by atoms with E-state index in [1.807, 2.05) is 35.3 Å². The van der Waals surface area contributed by atoms with Crippen LogP contribution in [0, 0.1) is 17.8 Å². The van der Waals surface area contributed by atoms with E-state index in [1.54, 1.807) is 0 Å². The van der Waals surface area contributed by atoms with Crippen LogP contribution in [-0.4, -0.2) is 72.4 Å². The third-order valence-electron chi connectivity index (χ3n) is 8.93. The van der Waals surface area contributed by atoms with Gasteiger partial charge in [-0.1, -0.05) is 57.0 Å². The molecule has 41 heavy (non-hydrogen) atoms. The Labute approximate surface area is 243 Å². The standard InChI is InChI=1S/C33H44N2O6/c1-3-5-16-34(17-6-4-2)30(36)21-35-20-26(24-10-8-11-28-25(19-24)15-18-39-28)31(33(37)38)27(35)14-13-23-9-7-12-29-32(23)41-22-40-29/h7-12,19,24,26-27,31H,3-6,13-18,20-22H2,1-2H3,(H,37,38)/t24?,26-,27+,31?/m1/s1. The number of carbonyl (C=O) groups excluding carboxylic acids is 1. The molecule has 5 rings (SSSR count). The van der Waals surface area contributed by atoms with Gasteiger partial charge in [0.15, 0.2) is 11.5 Å². The van der Waals surface area contributed by atoms with Crippen LogP contribution in [0.5, 0.6) is 11.5 Å². The summed E-state index contributed by atoms with van der Waals surface area (Å²) in [7, 11) is 0. The lowest BCUT2D eigenvalue weighted by atomic mass is 9.79.